The maximum Gasteiger partial charge on any atom is 0.305 e. The van der Waals surface area contributed by atoms with Crippen LogP contribution >= 0.6 is 11.8 Å². The first-order valence-corrected chi connectivity index (χ1v) is 10.3. The zero-order chi connectivity index (χ0) is 17.7. The number of amides is 1. The highest BCUT2D eigenvalue weighted by Crippen LogP contribution is 2.21. The molecule has 1 saturated heterocycles. The topological polar surface area (TPSA) is 104 Å². The summed E-state index contributed by atoms with van der Waals surface area (Å²) in [5, 5.41) is 11.7. The summed E-state index contributed by atoms with van der Waals surface area (Å²) in [6.45, 7) is 0.0448. The molecule has 1 aromatic rings. The third kappa shape index (κ3) is 4.96. The van der Waals surface area contributed by atoms with Crippen molar-refractivity contribution in [2.75, 3.05) is 25.1 Å². The molecule has 0 spiro atoms. The highest BCUT2D eigenvalue weighted by molar-refractivity contribution is 7.98. The van der Waals surface area contributed by atoms with Crippen molar-refractivity contribution in [2.45, 2.75) is 23.8 Å². The van der Waals surface area contributed by atoms with Gasteiger partial charge in [0.15, 0.2) is 0 Å². The van der Waals surface area contributed by atoms with Gasteiger partial charge in [0.25, 0.3) is 0 Å². The molecule has 7 nitrogen and oxygen atoms in total. The maximum atomic E-state index is 12.2. The van der Waals surface area contributed by atoms with Gasteiger partial charge in [-0.1, -0.05) is 12.1 Å². The van der Waals surface area contributed by atoms with Crippen LogP contribution in [0.4, 0.5) is 0 Å². The Labute approximate surface area is 145 Å². The molecule has 0 aliphatic carbocycles. The number of hydrogen-bond acceptors (Lipinski definition) is 5. The van der Waals surface area contributed by atoms with Crippen molar-refractivity contribution in [2.24, 2.45) is 0 Å². The van der Waals surface area contributed by atoms with E-state index in [0.717, 1.165) is 9.20 Å². The SMILES string of the molecule is CSc1ccc(C(CC(=O)O)NC(=O)CN2CCCS2(=O)=O)cc1. The monoisotopic (exact) mass is 372 g/mol. The minimum Gasteiger partial charge on any atom is -0.481 e. The molecule has 1 aliphatic heterocycles. The van der Waals surface area contributed by atoms with Crippen LogP contribution in [0.2, 0.25) is 0 Å². The van der Waals surface area contributed by atoms with Crippen molar-refractivity contribution in [3.05, 3.63) is 29.8 Å². The van der Waals surface area contributed by atoms with E-state index in [1.54, 1.807) is 23.9 Å². The number of carbonyl (C=O) groups is 2. The van der Waals surface area contributed by atoms with Gasteiger partial charge < -0.3 is 10.4 Å². The average Bonchev–Trinajstić information content (AvgIpc) is 2.85. The first-order chi connectivity index (χ1) is 11.3. The number of aliphatic carboxylic acids is 1. The first kappa shape index (κ1) is 18.8. The van der Waals surface area contributed by atoms with Gasteiger partial charge in [-0.25, -0.2) is 8.42 Å². The number of carbonyl (C=O) groups excluding carboxylic acids is 1. The van der Waals surface area contributed by atoms with E-state index in [1.807, 2.05) is 18.4 Å². The van der Waals surface area contributed by atoms with Gasteiger partial charge in [0.2, 0.25) is 15.9 Å². The Morgan fingerprint density at radius 1 is 1.33 bits per heavy atom. The number of nitrogens with one attached hydrogen (secondary N) is 1. The summed E-state index contributed by atoms with van der Waals surface area (Å²) in [7, 11) is -3.36. The molecule has 0 bridgehead atoms. The standard InChI is InChI=1S/C15H20N2O5S2/c1-23-12-5-3-11(4-6-12)13(9-15(19)20)16-14(18)10-17-7-2-8-24(17,21)22/h3-6,13H,2,7-10H2,1H3,(H,16,18)(H,19,20). The Balaban J connectivity index is 2.07. The highest BCUT2D eigenvalue weighted by atomic mass is 32.2. The molecular weight excluding hydrogens is 352 g/mol. The lowest BCUT2D eigenvalue weighted by molar-refractivity contribution is -0.137. The zero-order valence-electron chi connectivity index (χ0n) is 13.3. The number of rotatable bonds is 7. The molecule has 24 heavy (non-hydrogen) atoms. The quantitative estimate of drug-likeness (QED) is 0.694. The fourth-order valence-corrected chi connectivity index (χ4v) is 4.41. The smallest absolute Gasteiger partial charge is 0.305 e. The number of sulfonamides is 1. The Bertz CT molecular complexity index is 703. The van der Waals surface area contributed by atoms with E-state index in [9.17, 15) is 18.0 Å². The van der Waals surface area contributed by atoms with Crippen molar-refractivity contribution in [3.63, 3.8) is 0 Å². The second-order valence-corrected chi connectivity index (χ2v) is 8.46. The second-order valence-electron chi connectivity index (χ2n) is 5.49. The van der Waals surface area contributed by atoms with E-state index in [0.29, 0.717) is 18.5 Å². The number of carboxylic acid groups (broad SMARTS) is 1. The summed E-state index contributed by atoms with van der Waals surface area (Å²) in [6.07, 6.45) is 2.17. The first-order valence-electron chi connectivity index (χ1n) is 7.45. The third-order valence-electron chi connectivity index (χ3n) is 3.76. The molecule has 1 fully saturated rings. The average molecular weight is 372 g/mol. The van der Waals surface area contributed by atoms with Crippen LogP contribution in [0, 0.1) is 0 Å². The maximum absolute atomic E-state index is 12.2. The molecule has 9 heteroatoms. The van der Waals surface area contributed by atoms with Gasteiger partial charge in [0.1, 0.15) is 0 Å². The molecule has 1 atom stereocenters. The van der Waals surface area contributed by atoms with Gasteiger partial charge >= 0.3 is 5.97 Å². The van der Waals surface area contributed by atoms with Crippen molar-refractivity contribution < 1.29 is 23.1 Å². The summed E-state index contributed by atoms with van der Waals surface area (Å²) >= 11 is 1.56. The summed E-state index contributed by atoms with van der Waals surface area (Å²) in [5.74, 6) is -1.49. The Morgan fingerprint density at radius 2 is 2.00 bits per heavy atom. The molecule has 1 amide bonds. The molecule has 1 aromatic carbocycles. The number of nitrogens with zero attached hydrogens (tertiary/aromatic N) is 1. The van der Waals surface area contributed by atoms with Gasteiger partial charge in [0.05, 0.1) is 24.8 Å². The van der Waals surface area contributed by atoms with Crippen LogP contribution in [0.15, 0.2) is 29.2 Å². The highest BCUT2D eigenvalue weighted by Gasteiger charge is 2.30. The number of thioether (sulfide) groups is 1. The molecular formula is C15H20N2O5S2. The Hall–Kier alpha value is -1.58. The molecule has 1 heterocycles. The molecule has 0 saturated carbocycles. The lowest BCUT2D eigenvalue weighted by Gasteiger charge is -2.20. The molecule has 0 radical (unpaired) electrons. The minimum absolute atomic E-state index is 0.0506. The lowest BCUT2D eigenvalue weighted by Crippen LogP contribution is -2.40. The van der Waals surface area contributed by atoms with Gasteiger partial charge in [-0.15, -0.1) is 11.8 Å². The van der Waals surface area contributed by atoms with Gasteiger partial charge in [-0.2, -0.15) is 4.31 Å². The van der Waals surface area contributed by atoms with Crippen LogP contribution < -0.4 is 5.32 Å². The second kappa shape index (κ2) is 8.00. The summed E-state index contributed by atoms with van der Waals surface area (Å²) in [6, 6.07) is 6.55. The van der Waals surface area contributed by atoms with E-state index >= 15 is 0 Å². The minimum atomic E-state index is -3.36. The largest absolute Gasteiger partial charge is 0.481 e. The number of benzene rings is 1. The molecule has 2 rings (SSSR count). The van der Waals surface area contributed by atoms with E-state index in [4.69, 9.17) is 5.11 Å². The number of hydrogen-bond donors (Lipinski definition) is 2. The summed E-state index contributed by atoms with van der Waals surface area (Å²) in [5.41, 5.74) is 0.674. The number of carboxylic acids is 1. The van der Waals surface area contributed by atoms with Crippen molar-refractivity contribution >= 4 is 33.7 Å². The molecule has 2 N–H and O–H groups in total. The van der Waals surface area contributed by atoms with Crippen LogP contribution in [-0.2, 0) is 19.6 Å². The van der Waals surface area contributed by atoms with E-state index in [1.165, 1.54) is 0 Å². The predicted octanol–water partition coefficient (Wildman–Crippen LogP) is 1.08. The van der Waals surface area contributed by atoms with Crippen molar-refractivity contribution in [1.29, 1.82) is 0 Å². The predicted molar refractivity (Wildman–Crippen MR) is 91.3 cm³/mol. The van der Waals surface area contributed by atoms with E-state index in [2.05, 4.69) is 5.32 Å². The summed E-state index contributed by atoms with van der Waals surface area (Å²) < 4.78 is 24.6. The van der Waals surface area contributed by atoms with Crippen LogP contribution in [0.25, 0.3) is 0 Å². The van der Waals surface area contributed by atoms with Crippen molar-refractivity contribution in [3.8, 4) is 0 Å². The van der Waals surface area contributed by atoms with Gasteiger partial charge in [-0.05, 0) is 30.4 Å². The van der Waals surface area contributed by atoms with Crippen LogP contribution in [0.3, 0.4) is 0 Å². The third-order valence-corrected chi connectivity index (χ3v) is 6.40. The lowest BCUT2D eigenvalue weighted by atomic mass is 10.0. The zero-order valence-corrected chi connectivity index (χ0v) is 14.9. The Morgan fingerprint density at radius 3 is 2.50 bits per heavy atom. The summed E-state index contributed by atoms with van der Waals surface area (Å²) in [4.78, 5) is 24.3. The molecule has 132 valence electrons. The van der Waals surface area contributed by atoms with Crippen LogP contribution in [0.1, 0.15) is 24.4 Å². The van der Waals surface area contributed by atoms with Crippen LogP contribution in [-0.4, -0.2) is 54.8 Å². The molecule has 1 aliphatic rings. The van der Waals surface area contributed by atoms with Crippen molar-refractivity contribution in [1.82, 2.24) is 9.62 Å². The normalized spacial score (nSPS) is 18.2. The molecule has 1 unspecified atom stereocenters. The Kier molecular flexibility index (Phi) is 6.25. The molecule has 0 aromatic heterocycles. The van der Waals surface area contributed by atoms with Gasteiger partial charge in [-0.3, -0.25) is 9.59 Å². The fourth-order valence-electron chi connectivity index (χ4n) is 2.53. The van der Waals surface area contributed by atoms with E-state index < -0.39 is 27.9 Å². The van der Waals surface area contributed by atoms with E-state index in [-0.39, 0.29) is 18.7 Å². The van der Waals surface area contributed by atoms with Crippen LogP contribution in [0.5, 0.6) is 0 Å². The fraction of sp³-hybridized carbons (Fsp3) is 0.467. The van der Waals surface area contributed by atoms with Gasteiger partial charge in [0, 0.05) is 11.4 Å².